The van der Waals surface area contributed by atoms with Gasteiger partial charge in [0.1, 0.15) is 0 Å². The lowest BCUT2D eigenvalue weighted by atomic mass is 10.2. The number of rotatable bonds is 3. The molecule has 4 nitrogen and oxygen atoms in total. The van der Waals surface area contributed by atoms with E-state index in [1.165, 1.54) is 0 Å². The van der Waals surface area contributed by atoms with Crippen molar-refractivity contribution in [1.29, 1.82) is 0 Å². The number of hydrogen-bond donors (Lipinski definition) is 0. The van der Waals surface area contributed by atoms with Gasteiger partial charge in [-0.05, 0) is 25.5 Å². The van der Waals surface area contributed by atoms with Gasteiger partial charge in [0.25, 0.3) is 0 Å². The highest BCUT2D eigenvalue weighted by atomic mass is 16.5. The summed E-state index contributed by atoms with van der Waals surface area (Å²) >= 11 is 0. The summed E-state index contributed by atoms with van der Waals surface area (Å²) in [6.45, 7) is 4.02. The highest BCUT2D eigenvalue weighted by Crippen LogP contribution is 2.15. The van der Waals surface area contributed by atoms with Gasteiger partial charge in [0.15, 0.2) is 0 Å². The van der Waals surface area contributed by atoms with E-state index in [0.717, 1.165) is 24.1 Å². The molecule has 0 unspecified atom stereocenters. The van der Waals surface area contributed by atoms with Crippen LogP contribution in [-0.2, 0) is 6.42 Å². The molecule has 0 amide bonds. The monoisotopic (exact) mass is 203 g/mol. The van der Waals surface area contributed by atoms with E-state index in [1.807, 2.05) is 19.1 Å². The van der Waals surface area contributed by atoms with E-state index in [-0.39, 0.29) is 0 Å². The summed E-state index contributed by atoms with van der Waals surface area (Å²) in [5.41, 5.74) is 1.91. The van der Waals surface area contributed by atoms with Crippen molar-refractivity contribution >= 4 is 0 Å². The van der Waals surface area contributed by atoms with Crippen molar-refractivity contribution in [3.63, 3.8) is 0 Å². The fraction of sp³-hybridized carbons (Fsp3) is 0.364. The third kappa shape index (κ3) is 2.21. The van der Waals surface area contributed by atoms with Crippen molar-refractivity contribution in [2.75, 3.05) is 0 Å². The normalized spacial score (nSPS) is 10.5. The third-order valence-electron chi connectivity index (χ3n) is 2.09. The minimum Gasteiger partial charge on any atom is -0.339 e. The van der Waals surface area contributed by atoms with E-state index in [2.05, 4.69) is 22.0 Å². The van der Waals surface area contributed by atoms with Crippen molar-refractivity contribution in [2.24, 2.45) is 0 Å². The first-order chi connectivity index (χ1) is 7.29. The summed E-state index contributed by atoms with van der Waals surface area (Å²) in [4.78, 5) is 8.43. The maximum absolute atomic E-state index is 5.12. The minimum absolute atomic E-state index is 0.643. The van der Waals surface area contributed by atoms with Crippen LogP contribution in [0.3, 0.4) is 0 Å². The average Bonchev–Trinajstić information content (AvgIpc) is 2.67. The molecule has 0 fully saturated rings. The fourth-order valence-electron chi connectivity index (χ4n) is 1.37. The van der Waals surface area contributed by atoms with Gasteiger partial charge < -0.3 is 4.52 Å². The smallest absolute Gasteiger partial charge is 0.226 e. The van der Waals surface area contributed by atoms with Crippen LogP contribution in [0.25, 0.3) is 11.4 Å². The molecule has 0 bridgehead atoms. The van der Waals surface area contributed by atoms with Crippen LogP contribution in [0.2, 0.25) is 0 Å². The molecule has 15 heavy (non-hydrogen) atoms. The Hall–Kier alpha value is -1.71. The number of nitrogens with zero attached hydrogens (tertiary/aromatic N) is 3. The van der Waals surface area contributed by atoms with Crippen molar-refractivity contribution in [3.05, 3.63) is 29.9 Å². The van der Waals surface area contributed by atoms with Crippen molar-refractivity contribution in [3.8, 4) is 11.4 Å². The Morgan fingerprint density at radius 2 is 2.27 bits per heavy atom. The minimum atomic E-state index is 0.643. The van der Waals surface area contributed by atoms with Crippen LogP contribution < -0.4 is 0 Å². The van der Waals surface area contributed by atoms with E-state index in [4.69, 9.17) is 4.52 Å². The first-order valence-corrected chi connectivity index (χ1v) is 5.05. The van der Waals surface area contributed by atoms with Crippen molar-refractivity contribution in [2.45, 2.75) is 26.7 Å². The van der Waals surface area contributed by atoms with Gasteiger partial charge in [-0.2, -0.15) is 4.98 Å². The van der Waals surface area contributed by atoms with Crippen LogP contribution in [0.15, 0.2) is 22.9 Å². The second-order valence-corrected chi connectivity index (χ2v) is 3.45. The lowest BCUT2D eigenvalue weighted by molar-refractivity contribution is 0.378. The molecule has 0 aliphatic rings. The molecular formula is C11H13N3O. The molecule has 0 atom stereocenters. The Balaban J connectivity index is 2.29. The second-order valence-electron chi connectivity index (χ2n) is 3.45. The molecule has 0 N–H and O–H groups in total. The molecular weight excluding hydrogens is 190 g/mol. The van der Waals surface area contributed by atoms with E-state index >= 15 is 0 Å². The molecule has 2 aromatic heterocycles. The summed E-state index contributed by atoms with van der Waals surface area (Å²) in [7, 11) is 0. The molecule has 0 aliphatic carbocycles. The van der Waals surface area contributed by atoms with Gasteiger partial charge in [-0.25, -0.2) is 0 Å². The Morgan fingerprint density at radius 1 is 1.40 bits per heavy atom. The van der Waals surface area contributed by atoms with Crippen LogP contribution in [0.1, 0.15) is 24.9 Å². The molecule has 0 aromatic carbocycles. The Kier molecular flexibility index (Phi) is 2.76. The zero-order valence-corrected chi connectivity index (χ0v) is 8.90. The molecule has 0 saturated carbocycles. The zero-order chi connectivity index (χ0) is 10.7. The first-order valence-electron chi connectivity index (χ1n) is 5.05. The van der Waals surface area contributed by atoms with E-state index < -0.39 is 0 Å². The molecule has 2 heterocycles. The second kappa shape index (κ2) is 4.21. The number of aryl methyl sites for hydroxylation is 2. The van der Waals surface area contributed by atoms with Crippen LogP contribution in [-0.4, -0.2) is 15.1 Å². The van der Waals surface area contributed by atoms with E-state index in [0.29, 0.717) is 11.7 Å². The molecule has 4 heteroatoms. The fourth-order valence-corrected chi connectivity index (χ4v) is 1.37. The Bertz CT molecular complexity index is 451. The topological polar surface area (TPSA) is 51.8 Å². The van der Waals surface area contributed by atoms with Gasteiger partial charge >= 0.3 is 0 Å². The molecule has 2 aromatic rings. The first kappa shape index (κ1) is 9.83. The SMILES string of the molecule is CCCc1nc(-c2ccnc(C)c2)no1. The maximum atomic E-state index is 5.12. The van der Waals surface area contributed by atoms with Gasteiger partial charge in [-0.15, -0.1) is 0 Å². The highest BCUT2D eigenvalue weighted by Gasteiger charge is 2.07. The van der Waals surface area contributed by atoms with Gasteiger partial charge in [0.2, 0.25) is 11.7 Å². The number of pyridine rings is 1. The standard InChI is InChI=1S/C11H13N3O/c1-3-4-10-13-11(14-15-10)9-5-6-12-8(2)7-9/h5-7H,3-4H2,1-2H3. The summed E-state index contributed by atoms with van der Waals surface area (Å²) in [6.07, 6.45) is 3.59. The lowest BCUT2D eigenvalue weighted by Crippen LogP contribution is -1.86. The third-order valence-corrected chi connectivity index (χ3v) is 2.09. The Labute approximate surface area is 88.4 Å². The Morgan fingerprint density at radius 3 is 3.00 bits per heavy atom. The highest BCUT2D eigenvalue weighted by molar-refractivity contribution is 5.53. The average molecular weight is 203 g/mol. The molecule has 0 spiro atoms. The van der Waals surface area contributed by atoms with Gasteiger partial charge in [-0.3, -0.25) is 4.98 Å². The van der Waals surface area contributed by atoms with Crippen molar-refractivity contribution < 1.29 is 4.52 Å². The van der Waals surface area contributed by atoms with Crippen LogP contribution >= 0.6 is 0 Å². The maximum Gasteiger partial charge on any atom is 0.226 e. The number of hydrogen-bond acceptors (Lipinski definition) is 4. The molecule has 0 radical (unpaired) electrons. The predicted octanol–water partition coefficient (Wildman–Crippen LogP) is 2.39. The van der Waals surface area contributed by atoms with Gasteiger partial charge in [-0.1, -0.05) is 12.1 Å². The molecule has 0 aliphatic heterocycles. The van der Waals surface area contributed by atoms with E-state index in [9.17, 15) is 0 Å². The quantitative estimate of drug-likeness (QED) is 0.768. The largest absolute Gasteiger partial charge is 0.339 e. The van der Waals surface area contributed by atoms with Crippen LogP contribution in [0.5, 0.6) is 0 Å². The van der Waals surface area contributed by atoms with Crippen LogP contribution in [0.4, 0.5) is 0 Å². The zero-order valence-electron chi connectivity index (χ0n) is 8.90. The summed E-state index contributed by atoms with van der Waals surface area (Å²) < 4.78 is 5.12. The van der Waals surface area contributed by atoms with Gasteiger partial charge in [0, 0.05) is 23.9 Å². The number of aromatic nitrogens is 3. The van der Waals surface area contributed by atoms with E-state index in [1.54, 1.807) is 6.20 Å². The lowest BCUT2D eigenvalue weighted by Gasteiger charge is -1.94. The summed E-state index contributed by atoms with van der Waals surface area (Å²) in [5.74, 6) is 1.34. The molecule has 2 rings (SSSR count). The summed E-state index contributed by atoms with van der Waals surface area (Å²) in [5, 5.41) is 3.93. The van der Waals surface area contributed by atoms with Crippen molar-refractivity contribution in [1.82, 2.24) is 15.1 Å². The predicted molar refractivity (Wildman–Crippen MR) is 56.3 cm³/mol. The molecule has 0 saturated heterocycles. The summed E-state index contributed by atoms with van der Waals surface area (Å²) in [6, 6.07) is 3.83. The molecule has 78 valence electrons. The van der Waals surface area contributed by atoms with Gasteiger partial charge in [0.05, 0.1) is 0 Å². The van der Waals surface area contributed by atoms with Crippen LogP contribution in [0, 0.1) is 6.92 Å².